The van der Waals surface area contributed by atoms with Crippen LogP contribution in [0, 0.1) is 0 Å². The molecule has 0 rings (SSSR count). The van der Waals surface area contributed by atoms with Crippen molar-refractivity contribution in [2.75, 3.05) is 0 Å². The van der Waals surface area contributed by atoms with Crippen LogP contribution in [0.15, 0.2) is 0 Å². The second-order valence-corrected chi connectivity index (χ2v) is 4.01. The van der Waals surface area contributed by atoms with Crippen molar-refractivity contribution in [1.82, 2.24) is 5.32 Å². The number of hydrogen-bond acceptors (Lipinski definition) is 4. The number of nitrogens with two attached hydrogens (primary N) is 1. The van der Waals surface area contributed by atoms with Crippen LogP contribution in [-0.2, 0) is 19.1 Å². The molecule has 9 heteroatoms. The molecule has 0 radical (unpaired) electrons. The first-order valence-electron chi connectivity index (χ1n) is 5.40. The Labute approximate surface area is 107 Å². The number of rotatable bonds is 6. The Bertz CT molecular complexity index is 355. The molecule has 1 unspecified atom stereocenters. The van der Waals surface area contributed by atoms with Crippen LogP contribution in [0.5, 0.6) is 0 Å². The van der Waals surface area contributed by atoms with Gasteiger partial charge < -0.3 is 15.8 Å². The topological polar surface area (TPSA) is 98.5 Å². The average Bonchev–Trinajstić information content (AvgIpc) is 2.20. The number of primary amides is 1. The van der Waals surface area contributed by atoms with Crippen molar-refractivity contribution < 1.29 is 32.3 Å². The lowest BCUT2D eigenvalue weighted by atomic mass is 10.1. The lowest BCUT2D eigenvalue weighted by Gasteiger charge is -2.19. The highest BCUT2D eigenvalue weighted by Crippen LogP contribution is 2.15. The highest BCUT2D eigenvalue weighted by atomic mass is 19.4. The van der Waals surface area contributed by atoms with E-state index in [2.05, 4.69) is 4.74 Å². The van der Waals surface area contributed by atoms with Gasteiger partial charge in [0.2, 0.25) is 5.91 Å². The summed E-state index contributed by atoms with van der Waals surface area (Å²) in [6.07, 6.45) is -6.40. The lowest BCUT2D eigenvalue weighted by Crippen LogP contribution is -2.48. The molecule has 0 aromatic carbocycles. The highest BCUT2D eigenvalue weighted by Gasteiger charge is 2.41. The fraction of sp³-hybridized carbons (Fsp3) is 0.700. The number of amides is 2. The predicted octanol–water partition coefficient (Wildman–Crippen LogP) is 0.251. The Kier molecular flexibility index (Phi) is 6.30. The van der Waals surface area contributed by atoms with E-state index in [1.54, 1.807) is 0 Å². The fourth-order valence-electron chi connectivity index (χ4n) is 1.09. The van der Waals surface area contributed by atoms with E-state index in [1.165, 1.54) is 19.2 Å². The van der Waals surface area contributed by atoms with E-state index in [0.717, 1.165) is 0 Å². The molecule has 0 spiro atoms. The average molecular weight is 284 g/mol. The summed E-state index contributed by atoms with van der Waals surface area (Å²) >= 11 is 0. The van der Waals surface area contributed by atoms with Gasteiger partial charge in [0.25, 0.3) is 0 Å². The van der Waals surface area contributed by atoms with Gasteiger partial charge in [-0.2, -0.15) is 13.2 Å². The number of alkyl halides is 3. The van der Waals surface area contributed by atoms with E-state index < -0.39 is 36.1 Å². The SMILES string of the molecule is CC(C)OC(=O)C(CCC(N)=O)NC(=O)C(F)(F)F. The molecular formula is C10H15F3N2O4. The van der Waals surface area contributed by atoms with Crippen molar-refractivity contribution in [3.63, 3.8) is 0 Å². The molecule has 3 N–H and O–H groups in total. The zero-order chi connectivity index (χ0) is 15.2. The lowest BCUT2D eigenvalue weighted by molar-refractivity contribution is -0.176. The molecule has 0 aliphatic carbocycles. The van der Waals surface area contributed by atoms with Crippen molar-refractivity contribution in [2.24, 2.45) is 5.73 Å². The number of ether oxygens (including phenoxy) is 1. The quantitative estimate of drug-likeness (QED) is 0.683. The van der Waals surface area contributed by atoms with Gasteiger partial charge in [0.05, 0.1) is 6.10 Å². The molecule has 2 amide bonds. The Morgan fingerprint density at radius 1 is 1.26 bits per heavy atom. The highest BCUT2D eigenvalue weighted by molar-refractivity contribution is 5.88. The second kappa shape index (κ2) is 6.95. The minimum absolute atomic E-state index is 0.351. The summed E-state index contributed by atoms with van der Waals surface area (Å²) in [7, 11) is 0. The van der Waals surface area contributed by atoms with Gasteiger partial charge in [-0.1, -0.05) is 0 Å². The number of esters is 1. The first-order chi connectivity index (χ1) is 8.54. The summed E-state index contributed by atoms with van der Waals surface area (Å²) in [4.78, 5) is 32.8. The Morgan fingerprint density at radius 3 is 2.16 bits per heavy atom. The summed E-state index contributed by atoms with van der Waals surface area (Å²) in [5, 5.41) is 1.47. The van der Waals surface area contributed by atoms with Gasteiger partial charge in [-0.05, 0) is 20.3 Å². The molecule has 19 heavy (non-hydrogen) atoms. The minimum Gasteiger partial charge on any atom is -0.461 e. The van der Waals surface area contributed by atoms with E-state index in [4.69, 9.17) is 5.73 Å². The van der Waals surface area contributed by atoms with Crippen LogP contribution in [0.2, 0.25) is 0 Å². The summed E-state index contributed by atoms with van der Waals surface area (Å²) in [5.74, 6) is -4.12. The number of halogens is 3. The van der Waals surface area contributed by atoms with Crippen molar-refractivity contribution in [1.29, 1.82) is 0 Å². The zero-order valence-corrected chi connectivity index (χ0v) is 10.4. The summed E-state index contributed by atoms with van der Waals surface area (Å²) in [6.45, 7) is 2.99. The van der Waals surface area contributed by atoms with Crippen LogP contribution in [0.25, 0.3) is 0 Å². The van der Waals surface area contributed by atoms with E-state index in [9.17, 15) is 27.6 Å². The molecule has 0 heterocycles. The number of hydrogen-bond donors (Lipinski definition) is 2. The summed E-state index contributed by atoms with van der Waals surface area (Å²) in [5.41, 5.74) is 4.83. The molecule has 0 saturated carbocycles. The monoisotopic (exact) mass is 284 g/mol. The van der Waals surface area contributed by atoms with Crippen LogP contribution in [0.1, 0.15) is 26.7 Å². The molecule has 1 atom stereocenters. The fourth-order valence-corrected chi connectivity index (χ4v) is 1.09. The molecule has 0 bridgehead atoms. The molecule has 0 saturated heterocycles. The third kappa shape index (κ3) is 7.27. The van der Waals surface area contributed by atoms with E-state index in [0.29, 0.717) is 0 Å². The normalized spacial score (nSPS) is 12.9. The molecule has 6 nitrogen and oxygen atoms in total. The van der Waals surface area contributed by atoms with Crippen LogP contribution >= 0.6 is 0 Å². The van der Waals surface area contributed by atoms with Gasteiger partial charge in [0.15, 0.2) is 0 Å². The van der Waals surface area contributed by atoms with E-state index in [-0.39, 0.29) is 12.8 Å². The molecule has 110 valence electrons. The molecule has 0 fully saturated rings. The maximum atomic E-state index is 12.1. The van der Waals surface area contributed by atoms with Crippen molar-refractivity contribution in [2.45, 2.75) is 45.0 Å². The third-order valence-corrected chi connectivity index (χ3v) is 1.88. The van der Waals surface area contributed by atoms with Gasteiger partial charge in [-0.25, -0.2) is 4.79 Å². The maximum absolute atomic E-state index is 12.1. The van der Waals surface area contributed by atoms with Crippen LogP contribution in [0.4, 0.5) is 13.2 Å². The standard InChI is InChI=1S/C10H15F3N2O4/c1-5(2)19-8(17)6(3-4-7(14)16)15-9(18)10(11,12)13/h5-6H,3-4H2,1-2H3,(H2,14,16)(H,15,18). The second-order valence-electron chi connectivity index (χ2n) is 4.01. The van der Waals surface area contributed by atoms with Gasteiger partial charge in [-0.15, -0.1) is 0 Å². The number of carbonyl (C=O) groups excluding carboxylic acids is 3. The van der Waals surface area contributed by atoms with Crippen molar-refractivity contribution in [3.8, 4) is 0 Å². The molecular weight excluding hydrogens is 269 g/mol. The Balaban J connectivity index is 4.71. The van der Waals surface area contributed by atoms with Gasteiger partial charge >= 0.3 is 18.1 Å². The molecule has 0 aromatic heterocycles. The molecule has 0 aromatic rings. The third-order valence-electron chi connectivity index (χ3n) is 1.88. The first-order valence-corrected chi connectivity index (χ1v) is 5.40. The maximum Gasteiger partial charge on any atom is 0.471 e. The summed E-state index contributed by atoms with van der Waals surface area (Å²) in [6, 6.07) is -1.57. The van der Waals surface area contributed by atoms with Crippen LogP contribution in [0.3, 0.4) is 0 Å². The molecule has 0 aliphatic rings. The molecule has 0 aliphatic heterocycles. The van der Waals surface area contributed by atoms with E-state index in [1.807, 2.05) is 0 Å². The first kappa shape index (κ1) is 17.2. The Hall–Kier alpha value is -1.80. The van der Waals surface area contributed by atoms with E-state index >= 15 is 0 Å². The predicted molar refractivity (Wildman–Crippen MR) is 57.6 cm³/mol. The van der Waals surface area contributed by atoms with Gasteiger partial charge in [0, 0.05) is 6.42 Å². The largest absolute Gasteiger partial charge is 0.471 e. The van der Waals surface area contributed by atoms with Crippen molar-refractivity contribution >= 4 is 17.8 Å². The minimum atomic E-state index is -5.12. The van der Waals surface area contributed by atoms with Crippen LogP contribution < -0.4 is 11.1 Å². The smallest absolute Gasteiger partial charge is 0.461 e. The zero-order valence-electron chi connectivity index (χ0n) is 10.4. The van der Waals surface area contributed by atoms with Gasteiger partial charge in [-0.3, -0.25) is 9.59 Å². The number of carbonyl (C=O) groups is 3. The van der Waals surface area contributed by atoms with Crippen LogP contribution in [-0.4, -0.2) is 36.1 Å². The van der Waals surface area contributed by atoms with Crippen molar-refractivity contribution in [3.05, 3.63) is 0 Å². The van der Waals surface area contributed by atoms with Gasteiger partial charge in [0.1, 0.15) is 6.04 Å². The summed E-state index contributed by atoms with van der Waals surface area (Å²) < 4.78 is 40.9. The number of nitrogens with one attached hydrogen (secondary N) is 1. The Morgan fingerprint density at radius 2 is 1.79 bits per heavy atom.